The van der Waals surface area contributed by atoms with Gasteiger partial charge in [0.25, 0.3) is 0 Å². The van der Waals surface area contributed by atoms with E-state index < -0.39 is 0 Å². The maximum Gasteiger partial charge on any atom is 0.0714 e. The van der Waals surface area contributed by atoms with Gasteiger partial charge in [0.15, 0.2) is 0 Å². The standard InChI is InChI=1S/C19H13N/c1-2-8-16(9-3-1)13-14-17-10-4-5-11-18(17)19-12-6-7-15-20-19/h1-12,15H. The van der Waals surface area contributed by atoms with Crippen LogP contribution in [0.5, 0.6) is 0 Å². The molecule has 1 heteroatoms. The van der Waals surface area contributed by atoms with Gasteiger partial charge in [-0.1, -0.05) is 54.3 Å². The van der Waals surface area contributed by atoms with Gasteiger partial charge in [0.05, 0.1) is 5.69 Å². The van der Waals surface area contributed by atoms with E-state index in [1.807, 2.05) is 66.7 Å². The predicted octanol–water partition coefficient (Wildman–Crippen LogP) is 4.15. The van der Waals surface area contributed by atoms with Gasteiger partial charge in [-0.15, -0.1) is 0 Å². The lowest BCUT2D eigenvalue weighted by Crippen LogP contribution is -1.86. The maximum atomic E-state index is 4.40. The molecule has 0 aliphatic heterocycles. The summed E-state index contributed by atoms with van der Waals surface area (Å²) in [4.78, 5) is 4.40. The van der Waals surface area contributed by atoms with Gasteiger partial charge in [0.2, 0.25) is 0 Å². The molecule has 1 nitrogen and oxygen atoms in total. The summed E-state index contributed by atoms with van der Waals surface area (Å²) in [5.74, 6) is 6.43. The van der Waals surface area contributed by atoms with Crippen molar-refractivity contribution in [2.45, 2.75) is 0 Å². The zero-order valence-electron chi connectivity index (χ0n) is 11.0. The zero-order chi connectivity index (χ0) is 13.6. The first-order chi connectivity index (χ1) is 9.93. The average Bonchev–Trinajstić information content (AvgIpc) is 2.55. The summed E-state index contributed by atoms with van der Waals surface area (Å²) in [7, 11) is 0. The van der Waals surface area contributed by atoms with Crippen LogP contribution < -0.4 is 0 Å². The van der Waals surface area contributed by atoms with Gasteiger partial charge in [-0.25, -0.2) is 0 Å². The van der Waals surface area contributed by atoms with Gasteiger partial charge in [-0.3, -0.25) is 4.98 Å². The molecule has 0 fully saturated rings. The number of nitrogens with zero attached hydrogens (tertiary/aromatic N) is 1. The van der Waals surface area contributed by atoms with Crippen LogP contribution in [0, 0.1) is 11.8 Å². The van der Waals surface area contributed by atoms with E-state index in [1.54, 1.807) is 6.20 Å². The second kappa shape index (κ2) is 5.86. The van der Waals surface area contributed by atoms with Crippen LogP contribution in [0.15, 0.2) is 79.0 Å². The van der Waals surface area contributed by atoms with Crippen LogP contribution in [0.3, 0.4) is 0 Å². The van der Waals surface area contributed by atoms with E-state index in [-0.39, 0.29) is 0 Å². The molecule has 0 saturated carbocycles. The third-order valence-electron chi connectivity index (χ3n) is 2.98. The normalized spacial score (nSPS) is 9.60. The largest absolute Gasteiger partial charge is 0.256 e. The van der Waals surface area contributed by atoms with E-state index in [1.165, 1.54) is 0 Å². The highest BCUT2D eigenvalue weighted by Crippen LogP contribution is 2.20. The molecule has 0 saturated heterocycles. The van der Waals surface area contributed by atoms with Crippen molar-refractivity contribution >= 4 is 0 Å². The lowest BCUT2D eigenvalue weighted by atomic mass is 10.0. The minimum Gasteiger partial charge on any atom is -0.256 e. The van der Waals surface area contributed by atoms with E-state index >= 15 is 0 Å². The summed E-state index contributed by atoms with van der Waals surface area (Å²) in [6, 6.07) is 24.0. The highest BCUT2D eigenvalue weighted by atomic mass is 14.7. The lowest BCUT2D eigenvalue weighted by molar-refractivity contribution is 1.32. The Balaban J connectivity index is 2.02. The van der Waals surface area contributed by atoms with Crippen LogP contribution in [-0.2, 0) is 0 Å². The van der Waals surface area contributed by atoms with Gasteiger partial charge in [0, 0.05) is 22.9 Å². The monoisotopic (exact) mass is 255 g/mol. The minimum atomic E-state index is 0.950. The van der Waals surface area contributed by atoms with Crippen molar-refractivity contribution in [2.24, 2.45) is 0 Å². The molecule has 1 heterocycles. The molecule has 0 bridgehead atoms. The van der Waals surface area contributed by atoms with Gasteiger partial charge in [-0.2, -0.15) is 0 Å². The number of hydrogen-bond donors (Lipinski definition) is 0. The Kier molecular flexibility index (Phi) is 3.57. The number of rotatable bonds is 1. The minimum absolute atomic E-state index is 0.950. The molecule has 3 aromatic rings. The Morgan fingerprint density at radius 3 is 2.20 bits per heavy atom. The fourth-order valence-corrected chi connectivity index (χ4v) is 2.00. The Morgan fingerprint density at radius 2 is 1.40 bits per heavy atom. The zero-order valence-corrected chi connectivity index (χ0v) is 11.0. The van der Waals surface area contributed by atoms with E-state index in [0.717, 1.165) is 22.4 Å². The summed E-state index contributed by atoms with van der Waals surface area (Å²) in [5.41, 5.74) is 4.03. The molecule has 0 unspecified atom stereocenters. The van der Waals surface area contributed by atoms with Gasteiger partial charge in [0.1, 0.15) is 0 Å². The Labute approximate surface area is 118 Å². The predicted molar refractivity (Wildman–Crippen MR) is 82.1 cm³/mol. The second-order valence-corrected chi connectivity index (χ2v) is 4.38. The summed E-state index contributed by atoms with van der Waals surface area (Å²) in [5, 5.41) is 0. The van der Waals surface area contributed by atoms with Crippen molar-refractivity contribution in [3.05, 3.63) is 90.1 Å². The van der Waals surface area contributed by atoms with E-state index in [2.05, 4.69) is 22.9 Å². The maximum absolute atomic E-state index is 4.40. The fraction of sp³-hybridized carbons (Fsp3) is 0. The first kappa shape index (κ1) is 12.2. The van der Waals surface area contributed by atoms with Crippen molar-refractivity contribution in [1.29, 1.82) is 0 Å². The molecule has 3 rings (SSSR count). The second-order valence-electron chi connectivity index (χ2n) is 4.38. The summed E-state index contributed by atoms with van der Waals surface area (Å²) in [6.45, 7) is 0. The van der Waals surface area contributed by atoms with Gasteiger partial charge >= 0.3 is 0 Å². The lowest BCUT2D eigenvalue weighted by Gasteiger charge is -2.03. The first-order valence-corrected chi connectivity index (χ1v) is 6.51. The summed E-state index contributed by atoms with van der Waals surface area (Å²) in [6.07, 6.45) is 1.80. The molecule has 0 spiro atoms. The van der Waals surface area contributed by atoms with E-state index in [9.17, 15) is 0 Å². The molecule has 0 atom stereocenters. The summed E-state index contributed by atoms with van der Waals surface area (Å²) >= 11 is 0. The molecule has 2 aromatic carbocycles. The third-order valence-corrected chi connectivity index (χ3v) is 2.98. The number of benzene rings is 2. The Morgan fingerprint density at radius 1 is 0.650 bits per heavy atom. The van der Waals surface area contributed by atoms with Gasteiger partial charge in [-0.05, 0) is 30.3 Å². The molecule has 20 heavy (non-hydrogen) atoms. The van der Waals surface area contributed by atoms with Crippen molar-refractivity contribution in [3.63, 3.8) is 0 Å². The van der Waals surface area contributed by atoms with E-state index in [0.29, 0.717) is 0 Å². The molecule has 0 radical (unpaired) electrons. The number of aromatic nitrogens is 1. The molecular formula is C19H13N. The van der Waals surface area contributed by atoms with Crippen molar-refractivity contribution in [1.82, 2.24) is 4.98 Å². The van der Waals surface area contributed by atoms with Crippen LogP contribution >= 0.6 is 0 Å². The first-order valence-electron chi connectivity index (χ1n) is 6.51. The molecule has 1 aromatic heterocycles. The van der Waals surface area contributed by atoms with Crippen LogP contribution in [0.2, 0.25) is 0 Å². The molecule has 0 amide bonds. The molecule has 0 aliphatic carbocycles. The highest BCUT2D eigenvalue weighted by Gasteiger charge is 2.02. The van der Waals surface area contributed by atoms with Crippen LogP contribution in [0.1, 0.15) is 11.1 Å². The van der Waals surface area contributed by atoms with Crippen LogP contribution in [0.25, 0.3) is 11.3 Å². The number of hydrogen-bond acceptors (Lipinski definition) is 1. The SMILES string of the molecule is C(#Cc1ccccc1-c1ccccn1)c1ccccc1. The highest BCUT2D eigenvalue weighted by molar-refractivity contribution is 5.68. The summed E-state index contributed by atoms with van der Waals surface area (Å²) < 4.78 is 0. The molecular weight excluding hydrogens is 242 g/mol. The molecule has 0 aliphatic rings. The number of pyridine rings is 1. The van der Waals surface area contributed by atoms with Crippen LogP contribution in [0.4, 0.5) is 0 Å². The van der Waals surface area contributed by atoms with Gasteiger partial charge < -0.3 is 0 Å². The smallest absolute Gasteiger partial charge is 0.0714 e. The Hall–Kier alpha value is -2.85. The quantitative estimate of drug-likeness (QED) is 0.595. The molecule has 94 valence electrons. The average molecular weight is 255 g/mol. The van der Waals surface area contributed by atoms with Crippen LogP contribution in [-0.4, -0.2) is 4.98 Å². The topological polar surface area (TPSA) is 12.9 Å². The van der Waals surface area contributed by atoms with Crippen molar-refractivity contribution in [3.8, 4) is 23.1 Å². The van der Waals surface area contributed by atoms with Crippen molar-refractivity contribution < 1.29 is 0 Å². The Bertz CT molecular complexity index is 750. The van der Waals surface area contributed by atoms with Crippen molar-refractivity contribution in [2.75, 3.05) is 0 Å². The fourth-order valence-electron chi connectivity index (χ4n) is 2.00. The molecule has 0 N–H and O–H groups in total. The third kappa shape index (κ3) is 2.76. The van der Waals surface area contributed by atoms with E-state index in [4.69, 9.17) is 0 Å².